The molecule has 0 heterocycles. The van der Waals surface area contributed by atoms with Gasteiger partial charge < -0.3 is 9.47 Å². The monoisotopic (exact) mass is 973 g/mol. The zero-order valence-electron chi connectivity index (χ0n) is 47.8. The molecule has 0 aromatic rings. The molecule has 10 unspecified atom stereocenters. The molecular formula is C66H120N2O2. The zero-order chi connectivity index (χ0) is 48.7. The third-order valence-electron chi connectivity index (χ3n) is 22.6. The van der Waals surface area contributed by atoms with E-state index >= 15 is 0 Å². The molecule has 0 radical (unpaired) electrons. The minimum absolute atomic E-state index is 0.462. The predicted molar refractivity (Wildman–Crippen MR) is 300 cm³/mol. The molecule has 0 N–H and O–H groups in total. The molecule has 0 aromatic heterocycles. The maximum absolute atomic E-state index is 7.42. The van der Waals surface area contributed by atoms with Crippen molar-refractivity contribution < 1.29 is 9.47 Å². The van der Waals surface area contributed by atoms with Crippen LogP contribution in [-0.4, -0.2) is 71.5 Å². The van der Waals surface area contributed by atoms with Gasteiger partial charge in [0.15, 0.2) is 0 Å². The number of hydrogen-bond acceptors (Lipinski definition) is 4. The first-order valence-electron chi connectivity index (χ1n) is 33.2. The molecule has 0 bridgehead atoms. The van der Waals surface area contributed by atoms with E-state index in [2.05, 4.69) is 51.3 Å². The largest absolute Gasteiger partial charge is 0.378 e. The molecule has 70 heavy (non-hydrogen) atoms. The van der Waals surface area contributed by atoms with Crippen LogP contribution in [0.15, 0.2) is 0 Å². The van der Waals surface area contributed by atoms with Crippen LogP contribution in [0.3, 0.4) is 0 Å². The molecule has 8 aliphatic carbocycles. The van der Waals surface area contributed by atoms with E-state index < -0.39 is 0 Å². The maximum atomic E-state index is 7.42. The van der Waals surface area contributed by atoms with Gasteiger partial charge in [-0.05, 0) is 213 Å². The van der Waals surface area contributed by atoms with E-state index in [1.54, 1.807) is 0 Å². The highest BCUT2D eigenvalue weighted by molar-refractivity contribution is 5.13. The van der Waals surface area contributed by atoms with Gasteiger partial charge in [-0.2, -0.15) is 0 Å². The Bertz CT molecular complexity index is 1280. The van der Waals surface area contributed by atoms with Gasteiger partial charge in [-0.1, -0.05) is 144 Å². The summed E-state index contributed by atoms with van der Waals surface area (Å²) in [7, 11) is 0. The second-order valence-corrected chi connectivity index (χ2v) is 27.3. The molecule has 8 fully saturated rings. The summed E-state index contributed by atoms with van der Waals surface area (Å²) in [6, 6.07) is 4.66. The standard InChI is InChI=1S/C66H120N2O2/c1-7-11-15-17-19-21-23-51-29-37-55(38-30-51)67(53-33-25-49(5)26-34-53)61-47-63(69-45-13-9-3)59-44-42-58-62(48-64(70-46-14-10-4)60-43-41-57(61)65(59)66(58)60)68(54-35-27-50(6)28-36-54)56-39-31-52(32-40-56)24-22-20-18-16-12-8-2/h49-66H,7-48H2,1-6H3. The Morgan fingerprint density at radius 3 is 1.00 bits per heavy atom. The molecule has 10 atom stereocenters. The van der Waals surface area contributed by atoms with Crippen molar-refractivity contribution >= 4 is 0 Å². The molecule has 8 aliphatic rings. The van der Waals surface area contributed by atoms with E-state index in [0.717, 1.165) is 109 Å². The molecular weight excluding hydrogens is 853 g/mol. The zero-order valence-corrected chi connectivity index (χ0v) is 47.8. The first-order chi connectivity index (χ1) is 34.4. The van der Waals surface area contributed by atoms with Gasteiger partial charge in [0, 0.05) is 49.5 Å². The molecule has 8 rings (SSSR count). The first kappa shape index (κ1) is 56.1. The fraction of sp³-hybridized carbons (Fsp3) is 1.00. The summed E-state index contributed by atoms with van der Waals surface area (Å²) in [6.45, 7) is 16.6. The molecule has 0 saturated heterocycles. The summed E-state index contributed by atoms with van der Waals surface area (Å²) in [4.78, 5) is 6.81. The summed E-state index contributed by atoms with van der Waals surface area (Å²) in [5.41, 5.74) is 0. The normalized spacial score (nSPS) is 40.1. The van der Waals surface area contributed by atoms with Crippen molar-refractivity contribution in [3.63, 3.8) is 0 Å². The lowest BCUT2D eigenvalue weighted by Gasteiger charge is -2.66. The number of unbranched alkanes of at least 4 members (excludes halogenated alkanes) is 12. The number of nitrogens with zero attached hydrogens (tertiary/aromatic N) is 2. The Labute approximate surface area is 436 Å². The van der Waals surface area contributed by atoms with Gasteiger partial charge in [0.05, 0.1) is 12.2 Å². The van der Waals surface area contributed by atoms with Crippen molar-refractivity contribution in [3.8, 4) is 0 Å². The van der Waals surface area contributed by atoms with Crippen LogP contribution >= 0.6 is 0 Å². The van der Waals surface area contributed by atoms with Gasteiger partial charge in [-0.3, -0.25) is 9.80 Å². The average Bonchev–Trinajstić information content (AvgIpc) is 3.38. The Kier molecular flexibility index (Phi) is 23.5. The van der Waals surface area contributed by atoms with Crippen LogP contribution in [0.5, 0.6) is 0 Å². The van der Waals surface area contributed by atoms with Gasteiger partial charge >= 0.3 is 0 Å². The summed E-state index contributed by atoms with van der Waals surface area (Å²) >= 11 is 0. The molecule has 8 saturated carbocycles. The van der Waals surface area contributed by atoms with E-state index in [4.69, 9.17) is 9.47 Å². The van der Waals surface area contributed by atoms with Crippen molar-refractivity contribution in [1.29, 1.82) is 0 Å². The van der Waals surface area contributed by atoms with Crippen molar-refractivity contribution in [2.75, 3.05) is 13.2 Å². The molecule has 0 aromatic carbocycles. The molecule has 4 nitrogen and oxygen atoms in total. The lowest BCUT2D eigenvalue weighted by molar-refractivity contribution is -0.212. The fourth-order valence-electron chi connectivity index (χ4n) is 18.7. The quantitative estimate of drug-likeness (QED) is 0.0730. The van der Waals surface area contributed by atoms with Crippen molar-refractivity contribution in [2.24, 2.45) is 59.2 Å². The SMILES string of the molecule is CCCCCCCCC1CCC(N(C2CCC(C)CC2)C2CC(OCCCC)C3CCC4C5C(CCC2C35)C(OCCCC)CC4N(C2CCC(C)CC2)C2CCC(CCCCCCCC)CC2)CC1. The second kappa shape index (κ2) is 29.4. The third kappa shape index (κ3) is 14.6. The molecule has 0 amide bonds. The third-order valence-corrected chi connectivity index (χ3v) is 22.6. The minimum Gasteiger partial charge on any atom is -0.378 e. The average molecular weight is 974 g/mol. The van der Waals surface area contributed by atoms with Gasteiger partial charge in [-0.15, -0.1) is 0 Å². The van der Waals surface area contributed by atoms with E-state index in [1.807, 2.05) is 0 Å². The van der Waals surface area contributed by atoms with E-state index in [0.29, 0.717) is 12.2 Å². The highest BCUT2D eigenvalue weighted by Crippen LogP contribution is 2.63. The molecule has 0 spiro atoms. The van der Waals surface area contributed by atoms with Gasteiger partial charge in [0.2, 0.25) is 0 Å². The van der Waals surface area contributed by atoms with E-state index in [9.17, 15) is 0 Å². The van der Waals surface area contributed by atoms with Crippen LogP contribution in [0, 0.1) is 59.2 Å². The minimum atomic E-state index is 0.462. The Morgan fingerprint density at radius 1 is 0.329 bits per heavy atom. The number of rotatable bonds is 28. The lowest BCUT2D eigenvalue weighted by atomic mass is 9.45. The van der Waals surface area contributed by atoms with Crippen molar-refractivity contribution in [1.82, 2.24) is 9.80 Å². The van der Waals surface area contributed by atoms with E-state index in [-0.39, 0.29) is 0 Å². The molecule has 406 valence electrons. The van der Waals surface area contributed by atoms with Crippen LogP contribution in [-0.2, 0) is 9.47 Å². The topological polar surface area (TPSA) is 24.9 Å². The van der Waals surface area contributed by atoms with E-state index in [1.165, 1.54) is 257 Å². The summed E-state index contributed by atoms with van der Waals surface area (Å²) in [5.74, 6) is 8.71. The number of ether oxygens (including phenoxy) is 2. The highest BCUT2D eigenvalue weighted by atomic mass is 16.5. The highest BCUT2D eigenvalue weighted by Gasteiger charge is 2.62. The smallest absolute Gasteiger partial charge is 0.0621 e. The Hall–Kier alpha value is -0.160. The van der Waals surface area contributed by atoms with Crippen LogP contribution in [0.2, 0.25) is 0 Å². The Morgan fingerprint density at radius 2 is 0.643 bits per heavy atom. The maximum Gasteiger partial charge on any atom is 0.0621 e. The lowest BCUT2D eigenvalue weighted by Crippen LogP contribution is -2.68. The van der Waals surface area contributed by atoms with Crippen LogP contribution in [0.1, 0.15) is 298 Å². The molecule has 4 heteroatoms. The summed E-state index contributed by atoms with van der Waals surface area (Å²) in [6.07, 6.45) is 58.4. The van der Waals surface area contributed by atoms with Crippen LogP contribution in [0.4, 0.5) is 0 Å². The Balaban J connectivity index is 1.07. The summed E-state index contributed by atoms with van der Waals surface area (Å²) < 4.78 is 14.8. The van der Waals surface area contributed by atoms with Crippen molar-refractivity contribution in [2.45, 2.75) is 347 Å². The number of hydrogen-bond donors (Lipinski definition) is 0. The molecule has 0 aliphatic heterocycles. The van der Waals surface area contributed by atoms with Gasteiger partial charge in [-0.25, -0.2) is 0 Å². The van der Waals surface area contributed by atoms with Gasteiger partial charge in [0.25, 0.3) is 0 Å². The predicted octanol–water partition coefficient (Wildman–Crippen LogP) is 18.6. The second-order valence-electron chi connectivity index (χ2n) is 27.3. The fourth-order valence-corrected chi connectivity index (χ4v) is 18.7. The summed E-state index contributed by atoms with van der Waals surface area (Å²) in [5, 5.41) is 0. The van der Waals surface area contributed by atoms with Crippen LogP contribution in [0.25, 0.3) is 0 Å². The first-order valence-corrected chi connectivity index (χ1v) is 33.2. The van der Waals surface area contributed by atoms with Gasteiger partial charge in [0.1, 0.15) is 0 Å². The van der Waals surface area contributed by atoms with Crippen molar-refractivity contribution in [3.05, 3.63) is 0 Å². The van der Waals surface area contributed by atoms with Crippen LogP contribution < -0.4 is 0 Å².